The minimum Gasteiger partial charge on any atom is -0.393 e. The van der Waals surface area contributed by atoms with E-state index in [1.54, 1.807) is 12.1 Å². The number of hydrogen-bond donors (Lipinski definition) is 1. The predicted octanol–water partition coefficient (Wildman–Crippen LogP) is 7.05. The molecule has 3 aliphatic rings. The molecule has 1 aromatic rings. The first-order chi connectivity index (χ1) is 15.4. The highest BCUT2D eigenvalue weighted by atomic mass is 19.1. The van der Waals surface area contributed by atoms with Crippen molar-refractivity contribution in [2.75, 3.05) is 0 Å². The van der Waals surface area contributed by atoms with Crippen LogP contribution in [-0.2, 0) is 11.2 Å². The zero-order chi connectivity index (χ0) is 22.7. The number of aryl methyl sites for hydroxylation is 1. The van der Waals surface area contributed by atoms with Crippen molar-refractivity contribution >= 4 is 5.78 Å². The fourth-order valence-corrected chi connectivity index (χ4v) is 7.33. The number of allylic oxidation sites excluding steroid dienone is 1. The molecule has 3 heteroatoms. The van der Waals surface area contributed by atoms with Crippen LogP contribution >= 0.6 is 0 Å². The SMILES string of the molecule is CCCC[C@H](O)CC1=CC[C@@H]2[C@H](CC[C@]3(C)[C@@H](C(=O)CCc4ccc(F)cc4)CC[C@@H]23)C1. The van der Waals surface area contributed by atoms with Crippen LogP contribution in [0.1, 0.15) is 90.0 Å². The Morgan fingerprint density at radius 3 is 2.75 bits per heavy atom. The van der Waals surface area contributed by atoms with E-state index in [1.165, 1.54) is 30.5 Å². The summed E-state index contributed by atoms with van der Waals surface area (Å²) in [5.74, 6) is 2.49. The molecule has 0 saturated heterocycles. The molecule has 0 amide bonds. The average molecular weight is 441 g/mol. The second kappa shape index (κ2) is 10.2. The molecule has 0 heterocycles. The fraction of sp³-hybridized carbons (Fsp3) is 0.690. The summed E-state index contributed by atoms with van der Waals surface area (Å²) in [5, 5.41) is 10.4. The number of aliphatic hydroxyl groups is 1. The number of fused-ring (bicyclic) bond motifs is 3. The number of ketones is 1. The maximum absolute atomic E-state index is 13.3. The normalized spacial score (nSPS) is 32.7. The minimum absolute atomic E-state index is 0.146. The van der Waals surface area contributed by atoms with Gasteiger partial charge in [-0.3, -0.25) is 4.79 Å². The summed E-state index contributed by atoms with van der Waals surface area (Å²) >= 11 is 0. The molecule has 0 unspecified atom stereocenters. The summed E-state index contributed by atoms with van der Waals surface area (Å²) in [6, 6.07) is 6.58. The van der Waals surface area contributed by atoms with Gasteiger partial charge in [0, 0.05) is 12.3 Å². The van der Waals surface area contributed by atoms with E-state index in [9.17, 15) is 14.3 Å². The third-order valence-electron chi connectivity index (χ3n) is 9.14. The molecule has 2 fully saturated rings. The number of hydrogen-bond acceptors (Lipinski definition) is 2. The van der Waals surface area contributed by atoms with E-state index < -0.39 is 0 Å². The molecular formula is C29H41FO2. The predicted molar refractivity (Wildman–Crippen MR) is 128 cm³/mol. The lowest BCUT2D eigenvalue weighted by Gasteiger charge is -2.50. The number of rotatable bonds is 9. The lowest BCUT2D eigenvalue weighted by molar-refractivity contribution is -0.128. The summed E-state index contributed by atoms with van der Waals surface area (Å²) in [6.07, 6.45) is 14.5. The second-order valence-electron chi connectivity index (χ2n) is 11.1. The molecule has 6 atom stereocenters. The highest BCUT2D eigenvalue weighted by Gasteiger charge is 2.55. The number of aliphatic hydroxyl groups excluding tert-OH is 1. The van der Waals surface area contributed by atoms with E-state index in [2.05, 4.69) is 19.9 Å². The van der Waals surface area contributed by atoms with Crippen molar-refractivity contribution in [1.82, 2.24) is 0 Å². The van der Waals surface area contributed by atoms with Crippen LogP contribution in [0, 0.1) is 34.9 Å². The molecule has 176 valence electrons. The number of carbonyl (C=O) groups is 1. The first-order valence-corrected chi connectivity index (χ1v) is 13.0. The van der Waals surface area contributed by atoms with Crippen molar-refractivity contribution in [1.29, 1.82) is 0 Å². The molecule has 0 aromatic heterocycles. The first-order valence-electron chi connectivity index (χ1n) is 13.0. The molecule has 4 rings (SSSR count). The topological polar surface area (TPSA) is 37.3 Å². The highest BCUT2D eigenvalue weighted by molar-refractivity contribution is 5.82. The fourth-order valence-electron chi connectivity index (χ4n) is 7.33. The van der Waals surface area contributed by atoms with Crippen LogP contribution in [-0.4, -0.2) is 17.0 Å². The van der Waals surface area contributed by atoms with E-state index in [0.717, 1.165) is 69.3 Å². The van der Waals surface area contributed by atoms with Crippen LogP contribution in [0.5, 0.6) is 0 Å². The third-order valence-corrected chi connectivity index (χ3v) is 9.14. The number of benzene rings is 1. The Hall–Kier alpha value is -1.48. The molecule has 0 bridgehead atoms. The lowest BCUT2D eigenvalue weighted by Crippen LogP contribution is -2.44. The van der Waals surface area contributed by atoms with Crippen molar-refractivity contribution in [2.45, 2.75) is 97.0 Å². The van der Waals surface area contributed by atoms with Crippen molar-refractivity contribution in [3.05, 3.63) is 47.3 Å². The van der Waals surface area contributed by atoms with Gasteiger partial charge in [-0.1, -0.05) is 50.5 Å². The summed E-state index contributed by atoms with van der Waals surface area (Å²) < 4.78 is 13.2. The van der Waals surface area contributed by atoms with Gasteiger partial charge in [0.25, 0.3) is 0 Å². The summed E-state index contributed by atoms with van der Waals surface area (Å²) in [4.78, 5) is 13.3. The molecule has 3 aliphatic carbocycles. The average Bonchev–Trinajstić information content (AvgIpc) is 3.14. The van der Waals surface area contributed by atoms with Crippen LogP contribution < -0.4 is 0 Å². The molecule has 2 saturated carbocycles. The number of halogens is 1. The van der Waals surface area contributed by atoms with Crippen molar-refractivity contribution in [2.24, 2.45) is 29.1 Å². The van der Waals surface area contributed by atoms with Crippen LogP contribution in [0.2, 0.25) is 0 Å². The van der Waals surface area contributed by atoms with Gasteiger partial charge in [0.15, 0.2) is 0 Å². The van der Waals surface area contributed by atoms with E-state index in [0.29, 0.717) is 24.0 Å². The largest absolute Gasteiger partial charge is 0.393 e. The quantitative estimate of drug-likeness (QED) is 0.418. The monoisotopic (exact) mass is 440 g/mol. The Balaban J connectivity index is 1.36. The van der Waals surface area contributed by atoms with E-state index in [-0.39, 0.29) is 23.3 Å². The zero-order valence-corrected chi connectivity index (χ0v) is 20.0. The van der Waals surface area contributed by atoms with E-state index in [4.69, 9.17) is 0 Å². The minimum atomic E-state index is -0.219. The maximum atomic E-state index is 13.3. The second-order valence-corrected chi connectivity index (χ2v) is 11.1. The summed E-state index contributed by atoms with van der Waals surface area (Å²) in [7, 11) is 0. The standard InChI is InChI=1S/C29H41FO2/c1-3-4-5-24(31)19-21-8-12-25-22(18-21)16-17-29(2)26(25)13-14-27(29)28(32)15-9-20-6-10-23(30)11-7-20/h6-8,10-11,22,24-27,31H,3-5,9,12-19H2,1-2H3/t22-,24+,25-,26+,27-,29+/m1/s1. The molecule has 32 heavy (non-hydrogen) atoms. The van der Waals surface area contributed by atoms with Gasteiger partial charge in [0.1, 0.15) is 11.6 Å². The van der Waals surface area contributed by atoms with E-state index in [1.807, 2.05) is 0 Å². The number of carbonyl (C=O) groups excluding carboxylic acids is 1. The van der Waals surface area contributed by atoms with Crippen molar-refractivity contribution in [3.8, 4) is 0 Å². The van der Waals surface area contributed by atoms with Gasteiger partial charge >= 0.3 is 0 Å². The summed E-state index contributed by atoms with van der Waals surface area (Å²) in [6.45, 7) is 4.58. The van der Waals surface area contributed by atoms with Gasteiger partial charge in [0.2, 0.25) is 0 Å². The molecular weight excluding hydrogens is 399 g/mol. The van der Waals surface area contributed by atoms with Gasteiger partial charge < -0.3 is 5.11 Å². The van der Waals surface area contributed by atoms with Gasteiger partial charge in [-0.25, -0.2) is 4.39 Å². The van der Waals surface area contributed by atoms with Crippen LogP contribution in [0.4, 0.5) is 4.39 Å². The third kappa shape index (κ3) is 5.03. The number of Topliss-reactive ketones (excluding diaryl/α,β-unsaturated/α-hetero) is 1. The molecule has 0 spiro atoms. The molecule has 0 radical (unpaired) electrons. The van der Waals surface area contributed by atoms with Crippen molar-refractivity contribution < 1.29 is 14.3 Å². The van der Waals surface area contributed by atoms with E-state index >= 15 is 0 Å². The Kier molecular flexibility index (Phi) is 7.54. The smallest absolute Gasteiger partial charge is 0.136 e. The molecule has 2 nitrogen and oxygen atoms in total. The Bertz CT molecular complexity index is 813. The summed E-state index contributed by atoms with van der Waals surface area (Å²) in [5.41, 5.74) is 2.67. The van der Waals surface area contributed by atoms with Crippen LogP contribution in [0.25, 0.3) is 0 Å². The Morgan fingerprint density at radius 1 is 1.22 bits per heavy atom. The van der Waals surface area contributed by atoms with Gasteiger partial charge in [0.05, 0.1) is 6.10 Å². The molecule has 1 aromatic carbocycles. The van der Waals surface area contributed by atoms with Crippen LogP contribution in [0.15, 0.2) is 35.9 Å². The molecule has 1 N–H and O–H groups in total. The highest BCUT2D eigenvalue weighted by Crippen LogP contribution is 2.61. The van der Waals surface area contributed by atoms with Crippen molar-refractivity contribution in [3.63, 3.8) is 0 Å². The maximum Gasteiger partial charge on any atom is 0.136 e. The lowest BCUT2D eigenvalue weighted by atomic mass is 9.54. The van der Waals surface area contributed by atoms with Gasteiger partial charge in [-0.15, -0.1) is 0 Å². The Morgan fingerprint density at radius 2 is 2.00 bits per heavy atom. The molecule has 0 aliphatic heterocycles. The van der Waals surface area contributed by atoms with Gasteiger partial charge in [-0.05, 0) is 98.7 Å². The first kappa shape index (κ1) is 23.7. The van der Waals surface area contributed by atoms with Gasteiger partial charge in [-0.2, -0.15) is 0 Å². The zero-order valence-electron chi connectivity index (χ0n) is 20.0. The van der Waals surface area contributed by atoms with Crippen LogP contribution in [0.3, 0.4) is 0 Å². The number of unbranched alkanes of at least 4 members (excludes halogenated alkanes) is 1. The Labute approximate surface area is 193 Å².